The van der Waals surface area contributed by atoms with Crippen molar-refractivity contribution in [2.75, 3.05) is 12.3 Å². The maximum absolute atomic E-state index is 4.20. The summed E-state index contributed by atoms with van der Waals surface area (Å²) in [4.78, 5) is 1.34. The molecular weight excluding hydrogens is 280 g/mol. The van der Waals surface area contributed by atoms with Gasteiger partial charge in [0.1, 0.15) is 0 Å². The predicted molar refractivity (Wildman–Crippen MR) is 88.6 cm³/mol. The number of benzene rings is 1. The van der Waals surface area contributed by atoms with E-state index in [1.54, 1.807) is 0 Å². The van der Waals surface area contributed by atoms with E-state index in [0.29, 0.717) is 0 Å². The third kappa shape index (κ3) is 4.32. The Bertz CT molecular complexity index is 553. The van der Waals surface area contributed by atoms with Crippen molar-refractivity contribution in [1.82, 2.24) is 20.3 Å². The molecule has 21 heavy (non-hydrogen) atoms. The minimum absolute atomic E-state index is 0.279. The SMILES string of the molecule is CCCn1nncc1C(CSc1ccccc1C)NCC. The lowest BCUT2D eigenvalue weighted by atomic mass is 10.2. The van der Waals surface area contributed by atoms with Crippen molar-refractivity contribution in [1.29, 1.82) is 0 Å². The smallest absolute Gasteiger partial charge is 0.0765 e. The van der Waals surface area contributed by atoms with Crippen LogP contribution in [0, 0.1) is 6.92 Å². The molecule has 0 saturated carbocycles. The zero-order valence-electron chi connectivity index (χ0n) is 13.0. The summed E-state index contributed by atoms with van der Waals surface area (Å²) in [6.07, 6.45) is 2.96. The molecule has 114 valence electrons. The van der Waals surface area contributed by atoms with E-state index in [-0.39, 0.29) is 6.04 Å². The molecule has 2 aromatic rings. The average Bonchev–Trinajstić information content (AvgIpc) is 2.93. The Hall–Kier alpha value is -1.33. The number of hydrogen-bond donors (Lipinski definition) is 1. The molecule has 0 saturated heterocycles. The standard InChI is InChI=1S/C16H24N4S/c1-4-10-20-15(11-18-19-20)14(17-5-2)12-21-16-9-7-6-8-13(16)3/h6-9,11,14,17H,4-5,10,12H2,1-3H3. The maximum atomic E-state index is 4.20. The maximum Gasteiger partial charge on any atom is 0.0765 e. The molecule has 0 aliphatic rings. The molecule has 1 unspecified atom stereocenters. The molecule has 0 aliphatic heterocycles. The molecule has 0 fully saturated rings. The number of aromatic nitrogens is 3. The summed E-state index contributed by atoms with van der Waals surface area (Å²) in [7, 11) is 0. The molecule has 1 heterocycles. The van der Waals surface area contributed by atoms with E-state index >= 15 is 0 Å². The fraction of sp³-hybridized carbons (Fsp3) is 0.500. The van der Waals surface area contributed by atoms with Crippen LogP contribution in [0.1, 0.15) is 37.6 Å². The van der Waals surface area contributed by atoms with Gasteiger partial charge in [0.15, 0.2) is 0 Å². The molecule has 4 nitrogen and oxygen atoms in total. The number of aryl methyl sites for hydroxylation is 2. The summed E-state index contributed by atoms with van der Waals surface area (Å²) in [6, 6.07) is 8.81. The van der Waals surface area contributed by atoms with Crippen LogP contribution >= 0.6 is 11.8 Å². The second kappa shape index (κ2) is 8.20. The fourth-order valence-electron chi connectivity index (χ4n) is 2.31. The molecule has 2 rings (SSSR count). The van der Waals surface area contributed by atoms with Gasteiger partial charge in [-0.3, -0.25) is 0 Å². The van der Waals surface area contributed by atoms with E-state index in [1.165, 1.54) is 16.2 Å². The Morgan fingerprint density at radius 3 is 2.81 bits per heavy atom. The van der Waals surface area contributed by atoms with Crippen LogP contribution in [0.15, 0.2) is 35.4 Å². The van der Waals surface area contributed by atoms with Gasteiger partial charge in [-0.25, -0.2) is 4.68 Å². The quantitative estimate of drug-likeness (QED) is 0.759. The molecule has 1 atom stereocenters. The summed E-state index contributed by atoms with van der Waals surface area (Å²) < 4.78 is 2.02. The first-order chi connectivity index (χ1) is 10.3. The molecule has 0 spiro atoms. The summed E-state index contributed by atoms with van der Waals surface area (Å²) in [5.74, 6) is 0.982. The molecule has 5 heteroatoms. The Balaban J connectivity index is 2.08. The van der Waals surface area contributed by atoms with Crippen molar-refractivity contribution < 1.29 is 0 Å². The third-order valence-electron chi connectivity index (χ3n) is 3.39. The van der Waals surface area contributed by atoms with Crippen LogP contribution in [0.25, 0.3) is 0 Å². The highest BCUT2D eigenvalue weighted by molar-refractivity contribution is 7.99. The van der Waals surface area contributed by atoms with E-state index in [2.05, 4.69) is 60.7 Å². The van der Waals surface area contributed by atoms with Gasteiger partial charge >= 0.3 is 0 Å². The molecule has 1 aromatic heterocycles. The zero-order chi connectivity index (χ0) is 15.1. The molecule has 1 N–H and O–H groups in total. The van der Waals surface area contributed by atoms with Crippen molar-refractivity contribution in [3.8, 4) is 0 Å². The van der Waals surface area contributed by atoms with Gasteiger partial charge in [-0.1, -0.05) is 37.3 Å². The molecule has 0 radical (unpaired) electrons. The minimum atomic E-state index is 0.279. The van der Waals surface area contributed by atoms with Crippen molar-refractivity contribution in [3.05, 3.63) is 41.7 Å². The van der Waals surface area contributed by atoms with Crippen LogP contribution in [-0.4, -0.2) is 27.3 Å². The van der Waals surface area contributed by atoms with Crippen molar-refractivity contribution in [2.45, 2.75) is 44.7 Å². The molecular formula is C16H24N4S. The first-order valence-corrected chi connectivity index (χ1v) is 8.55. The molecule has 1 aromatic carbocycles. The number of nitrogens with zero attached hydrogens (tertiary/aromatic N) is 3. The number of rotatable bonds is 8. The topological polar surface area (TPSA) is 42.7 Å². The van der Waals surface area contributed by atoms with Crippen molar-refractivity contribution >= 4 is 11.8 Å². The van der Waals surface area contributed by atoms with Gasteiger partial charge < -0.3 is 5.32 Å². The lowest BCUT2D eigenvalue weighted by molar-refractivity contribution is 0.501. The summed E-state index contributed by atoms with van der Waals surface area (Å²) >= 11 is 1.89. The van der Waals surface area contributed by atoms with Crippen molar-refractivity contribution in [3.63, 3.8) is 0 Å². The van der Waals surface area contributed by atoms with Gasteiger partial charge in [0, 0.05) is 17.2 Å². The Kier molecular flexibility index (Phi) is 6.26. The average molecular weight is 304 g/mol. The Labute approximate surface area is 131 Å². The normalized spacial score (nSPS) is 12.5. The van der Waals surface area contributed by atoms with Crippen molar-refractivity contribution in [2.24, 2.45) is 0 Å². The monoisotopic (exact) mass is 304 g/mol. The number of hydrogen-bond acceptors (Lipinski definition) is 4. The molecule has 0 amide bonds. The highest BCUT2D eigenvalue weighted by atomic mass is 32.2. The fourth-order valence-corrected chi connectivity index (χ4v) is 3.41. The summed E-state index contributed by atoms with van der Waals surface area (Å²) in [5.41, 5.74) is 2.51. The van der Waals surface area contributed by atoms with Crippen LogP contribution in [0.2, 0.25) is 0 Å². The number of thioether (sulfide) groups is 1. The lowest BCUT2D eigenvalue weighted by Gasteiger charge is -2.18. The van der Waals surface area contributed by atoms with Crippen LogP contribution < -0.4 is 5.32 Å². The second-order valence-electron chi connectivity index (χ2n) is 5.07. The Morgan fingerprint density at radius 2 is 2.10 bits per heavy atom. The molecule has 0 aliphatic carbocycles. The highest BCUT2D eigenvalue weighted by Gasteiger charge is 2.16. The number of nitrogens with one attached hydrogen (secondary N) is 1. The Morgan fingerprint density at radius 1 is 1.29 bits per heavy atom. The van der Waals surface area contributed by atoms with Gasteiger partial charge in [-0.2, -0.15) is 0 Å². The largest absolute Gasteiger partial charge is 0.308 e. The highest BCUT2D eigenvalue weighted by Crippen LogP contribution is 2.26. The van der Waals surface area contributed by atoms with Gasteiger partial charge in [-0.15, -0.1) is 16.9 Å². The minimum Gasteiger partial charge on any atom is -0.308 e. The summed E-state index contributed by atoms with van der Waals surface area (Å²) in [5, 5.41) is 11.8. The van der Waals surface area contributed by atoms with E-state index in [1.807, 2.05) is 22.6 Å². The predicted octanol–water partition coefficient (Wildman–Crippen LogP) is 3.44. The van der Waals surface area contributed by atoms with E-state index in [9.17, 15) is 0 Å². The van der Waals surface area contributed by atoms with Gasteiger partial charge in [0.2, 0.25) is 0 Å². The van der Waals surface area contributed by atoms with Crippen LogP contribution in [0.3, 0.4) is 0 Å². The van der Waals surface area contributed by atoms with Gasteiger partial charge in [-0.05, 0) is 31.5 Å². The van der Waals surface area contributed by atoms with Gasteiger partial charge in [0.25, 0.3) is 0 Å². The first-order valence-electron chi connectivity index (χ1n) is 7.56. The van der Waals surface area contributed by atoms with Crippen LogP contribution in [0.5, 0.6) is 0 Å². The lowest BCUT2D eigenvalue weighted by Crippen LogP contribution is -2.26. The van der Waals surface area contributed by atoms with E-state index in [4.69, 9.17) is 0 Å². The van der Waals surface area contributed by atoms with Crippen LogP contribution in [-0.2, 0) is 6.54 Å². The van der Waals surface area contributed by atoms with E-state index in [0.717, 1.165) is 25.3 Å². The van der Waals surface area contributed by atoms with Gasteiger partial charge in [0.05, 0.1) is 17.9 Å². The molecule has 0 bridgehead atoms. The summed E-state index contributed by atoms with van der Waals surface area (Å²) in [6.45, 7) is 8.32. The van der Waals surface area contributed by atoms with Crippen LogP contribution in [0.4, 0.5) is 0 Å². The van der Waals surface area contributed by atoms with E-state index < -0.39 is 0 Å². The zero-order valence-corrected chi connectivity index (χ0v) is 13.9. The first kappa shape index (κ1) is 16.0. The second-order valence-corrected chi connectivity index (χ2v) is 6.13. The third-order valence-corrected chi connectivity index (χ3v) is 4.66.